The molecule has 0 saturated carbocycles. The highest BCUT2D eigenvalue weighted by Gasteiger charge is 2.19. The van der Waals surface area contributed by atoms with Crippen LogP contribution in [0, 0.1) is 6.92 Å². The topological polar surface area (TPSA) is 75.7 Å². The Morgan fingerprint density at radius 1 is 1.19 bits per heavy atom. The fourth-order valence-corrected chi connectivity index (χ4v) is 3.20. The molecular formula is C18H21ClN2O4S. The predicted molar refractivity (Wildman–Crippen MR) is 102 cm³/mol. The maximum atomic E-state index is 12.3. The van der Waals surface area contributed by atoms with Crippen molar-refractivity contribution in [2.45, 2.75) is 24.8 Å². The molecule has 0 bridgehead atoms. The van der Waals surface area contributed by atoms with Gasteiger partial charge in [-0.05, 0) is 55.8 Å². The van der Waals surface area contributed by atoms with Gasteiger partial charge in [-0.3, -0.25) is 4.79 Å². The number of nitrogens with one attached hydrogen (secondary N) is 1. The highest BCUT2D eigenvalue weighted by Crippen LogP contribution is 2.22. The van der Waals surface area contributed by atoms with E-state index in [1.165, 1.54) is 26.2 Å². The Kier molecular flexibility index (Phi) is 6.28. The third kappa shape index (κ3) is 4.75. The number of hydrogen-bond acceptors (Lipinski definition) is 4. The number of ether oxygens (including phenoxy) is 1. The lowest BCUT2D eigenvalue weighted by molar-refractivity contribution is -0.122. The quantitative estimate of drug-likeness (QED) is 0.812. The van der Waals surface area contributed by atoms with Crippen molar-refractivity contribution in [3.8, 4) is 5.75 Å². The zero-order chi connectivity index (χ0) is 19.5. The molecule has 140 valence electrons. The summed E-state index contributed by atoms with van der Waals surface area (Å²) in [4.78, 5) is 12.4. The van der Waals surface area contributed by atoms with Gasteiger partial charge in [0, 0.05) is 24.8 Å². The van der Waals surface area contributed by atoms with Gasteiger partial charge in [-0.25, -0.2) is 12.7 Å². The average Bonchev–Trinajstić information content (AvgIpc) is 2.58. The number of anilines is 1. The monoisotopic (exact) mass is 396 g/mol. The van der Waals surface area contributed by atoms with Crippen LogP contribution >= 0.6 is 11.6 Å². The van der Waals surface area contributed by atoms with Gasteiger partial charge in [-0.2, -0.15) is 0 Å². The number of carbonyl (C=O) groups is 1. The molecule has 0 aliphatic heterocycles. The molecule has 2 rings (SSSR count). The van der Waals surface area contributed by atoms with Gasteiger partial charge >= 0.3 is 0 Å². The van der Waals surface area contributed by atoms with Gasteiger partial charge in [0.15, 0.2) is 6.10 Å². The number of nitrogens with zero attached hydrogens (tertiary/aromatic N) is 1. The molecule has 2 aromatic rings. The summed E-state index contributed by atoms with van der Waals surface area (Å²) < 4.78 is 31.1. The van der Waals surface area contributed by atoms with Crippen LogP contribution in [0.5, 0.6) is 5.75 Å². The van der Waals surface area contributed by atoms with Crippen molar-refractivity contribution in [2.75, 3.05) is 19.4 Å². The van der Waals surface area contributed by atoms with Crippen LogP contribution in [-0.2, 0) is 14.8 Å². The summed E-state index contributed by atoms with van der Waals surface area (Å²) in [7, 11) is -0.677. The third-order valence-electron chi connectivity index (χ3n) is 3.69. The first-order chi connectivity index (χ1) is 12.1. The first kappa shape index (κ1) is 20.2. The van der Waals surface area contributed by atoms with Gasteiger partial charge in [0.1, 0.15) is 5.75 Å². The van der Waals surface area contributed by atoms with Crippen molar-refractivity contribution >= 4 is 33.2 Å². The Morgan fingerprint density at radius 2 is 1.88 bits per heavy atom. The Balaban J connectivity index is 2.10. The predicted octanol–water partition coefficient (Wildman–Crippen LogP) is 3.30. The first-order valence-electron chi connectivity index (χ1n) is 7.87. The summed E-state index contributed by atoms with van der Waals surface area (Å²) >= 11 is 5.97. The molecule has 0 aliphatic carbocycles. The van der Waals surface area contributed by atoms with Crippen LogP contribution in [0.2, 0.25) is 5.02 Å². The lowest BCUT2D eigenvalue weighted by Gasteiger charge is -2.16. The summed E-state index contributed by atoms with van der Waals surface area (Å²) in [6.07, 6.45) is -0.773. The van der Waals surface area contributed by atoms with Crippen molar-refractivity contribution in [1.82, 2.24) is 4.31 Å². The third-order valence-corrected chi connectivity index (χ3v) is 5.93. The molecule has 0 saturated heterocycles. The Labute approximate surface area is 158 Å². The van der Waals surface area contributed by atoms with Crippen molar-refractivity contribution < 1.29 is 17.9 Å². The van der Waals surface area contributed by atoms with Crippen molar-refractivity contribution in [3.63, 3.8) is 0 Å². The van der Waals surface area contributed by atoms with E-state index < -0.39 is 22.0 Å². The van der Waals surface area contributed by atoms with Crippen LogP contribution in [0.15, 0.2) is 47.4 Å². The minimum Gasteiger partial charge on any atom is -0.481 e. The van der Waals surface area contributed by atoms with Crippen molar-refractivity contribution in [2.24, 2.45) is 0 Å². The second-order valence-corrected chi connectivity index (χ2v) is 8.53. The number of sulfonamides is 1. The van der Waals surface area contributed by atoms with Gasteiger partial charge < -0.3 is 10.1 Å². The average molecular weight is 397 g/mol. The van der Waals surface area contributed by atoms with Gasteiger partial charge in [-0.15, -0.1) is 0 Å². The summed E-state index contributed by atoms with van der Waals surface area (Å²) in [6.45, 7) is 3.45. The maximum absolute atomic E-state index is 12.3. The summed E-state index contributed by atoms with van der Waals surface area (Å²) in [5, 5.41) is 3.29. The molecule has 0 aliphatic rings. The number of halogens is 1. The van der Waals surface area contributed by atoms with E-state index >= 15 is 0 Å². The van der Waals surface area contributed by atoms with Crippen molar-refractivity contribution in [3.05, 3.63) is 53.1 Å². The largest absolute Gasteiger partial charge is 0.481 e. The van der Waals surface area contributed by atoms with Gasteiger partial charge in [-0.1, -0.05) is 17.7 Å². The summed E-state index contributed by atoms with van der Waals surface area (Å²) in [6, 6.07) is 11.2. The highest BCUT2D eigenvalue weighted by atomic mass is 35.5. The molecule has 0 spiro atoms. The van der Waals surface area contributed by atoms with E-state index in [-0.39, 0.29) is 4.90 Å². The Morgan fingerprint density at radius 3 is 2.50 bits per heavy atom. The molecule has 1 unspecified atom stereocenters. The van der Waals surface area contributed by atoms with E-state index in [1.54, 1.807) is 37.3 Å². The Bertz CT molecular complexity index is 913. The summed E-state index contributed by atoms with van der Waals surface area (Å²) in [5.74, 6) is 0.135. The van der Waals surface area contributed by atoms with Crippen LogP contribution in [0.25, 0.3) is 0 Å². The molecule has 26 heavy (non-hydrogen) atoms. The zero-order valence-electron chi connectivity index (χ0n) is 15.0. The molecule has 1 atom stereocenters. The molecular weight excluding hydrogens is 376 g/mol. The van der Waals surface area contributed by atoms with E-state index in [4.69, 9.17) is 16.3 Å². The molecule has 6 nitrogen and oxygen atoms in total. The molecule has 0 heterocycles. The lowest BCUT2D eigenvalue weighted by atomic mass is 10.2. The summed E-state index contributed by atoms with van der Waals surface area (Å²) in [5.41, 5.74) is 1.22. The minimum absolute atomic E-state index is 0.0993. The van der Waals surface area contributed by atoms with E-state index in [0.717, 1.165) is 9.87 Å². The van der Waals surface area contributed by atoms with Crippen LogP contribution in [-0.4, -0.2) is 38.8 Å². The van der Waals surface area contributed by atoms with E-state index in [1.807, 2.05) is 6.92 Å². The van der Waals surface area contributed by atoms with Crippen LogP contribution in [0.3, 0.4) is 0 Å². The van der Waals surface area contributed by atoms with Crippen LogP contribution < -0.4 is 10.1 Å². The molecule has 1 amide bonds. The molecule has 2 aromatic carbocycles. The van der Waals surface area contributed by atoms with Crippen LogP contribution in [0.1, 0.15) is 12.5 Å². The molecule has 8 heteroatoms. The molecule has 0 radical (unpaired) electrons. The number of amides is 1. The second kappa shape index (κ2) is 8.07. The fourth-order valence-electron chi connectivity index (χ4n) is 2.14. The second-order valence-electron chi connectivity index (χ2n) is 5.98. The number of aryl methyl sites for hydroxylation is 1. The molecule has 0 fully saturated rings. The van der Waals surface area contributed by atoms with E-state index in [9.17, 15) is 13.2 Å². The fraction of sp³-hybridized carbons (Fsp3) is 0.278. The zero-order valence-corrected chi connectivity index (χ0v) is 16.6. The number of carbonyl (C=O) groups excluding carboxylic acids is 1. The SMILES string of the molecule is Cc1cc(OC(C)C(=O)Nc2cccc(S(=O)(=O)N(C)C)c2)ccc1Cl. The number of benzene rings is 2. The van der Waals surface area contributed by atoms with E-state index in [2.05, 4.69) is 5.32 Å². The lowest BCUT2D eigenvalue weighted by Crippen LogP contribution is -2.30. The highest BCUT2D eigenvalue weighted by molar-refractivity contribution is 7.89. The number of hydrogen-bond donors (Lipinski definition) is 1. The van der Waals surface area contributed by atoms with Gasteiger partial charge in [0.05, 0.1) is 4.90 Å². The number of rotatable bonds is 6. The van der Waals surface area contributed by atoms with Crippen LogP contribution in [0.4, 0.5) is 5.69 Å². The molecule has 1 N–H and O–H groups in total. The minimum atomic E-state index is -3.57. The Hall–Kier alpha value is -2.09. The normalized spacial score (nSPS) is 12.7. The maximum Gasteiger partial charge on any atom is 0.265 e. The van der Waals surface area contributed by atoms with Gasteiger partial charge in [0.25, 0.3) is 5.91 Å². The molecule has 0 aromatic heterocycles. The first-order valence-corrected chi connectivity index (χ1v) is 9.69. The van der Waals surface area contributed by atoms with E-state index in [0.29, 0.717) is 16.5 Å². The smallest absolute Gasteiger partial charge is 0.265 e. The standard InChI is InChI=1S/C18H21ClN2O4S/c1-12-10-15(8-9-17(12)19)25-13(2)18(22)20-14-6-5-7-16(11-14)26(23,24)21(3)4/h5-11,13H,1-4H3,(H,20,22). The van der Waals surface area contributed by atoms with Crippen molar-refractivity contribution in [1.29, 1.82) is 0 Å². The van der Waals surface area contributed by atoms with Gasteiger partial charge in [0.2, 0.25) is 10.0 Å².